The number of nitrogens with zero attached hydrogens (tertiary/aromatic N) is 1. The van der Waals surface area contributed by atoms with Crippen molar-refractivity contribution in [2.75, 3.05) is 26.8 Å². The van der Waals surface area contributed by atoms with E-state index in [4.69, 9.17) is 4.74 Å². The molecule has 0 heterocycles. The predicted molar refractivity (Wildman–Crippen MR) is 73.4 cm³/mol. The molecule has 1 aliphatic rings. The second kappa shape index (κ2) is 7.34. The van der Waals surface area contributed by atoms with E-state index in [1.807, 2.05) is 0 Å². The molecule has 0 aliphatic heterocycles. The molecule has 1 fully saturated rings. The van der Waals surface area contributed by atoms with Gasteiger partial charge in [-0.05, 0) is 32.6 Å². The van der Waals surface area contributed by atoms with Crippen LogP contribution in [0.3, 0.4) is 0 Å². The Balaban J connectivity index is 2.48. The Morgan fingerprint density at radius 2 is 1.88 bits per heavy atom. The summed E-state index contributed by atoms with van der Waals surface area (Å²) >= 11 is 0. The minimum absolute atomic E-state index is 0.503. The average Bonchev–Trinajstić information content (AvgIpc) is 3.04. The number of hydrogen-bond donors (Lipinski definition) is 1. The second-order valence-electron chi connectivity index (χ2n) is 5.91. The van der Waals surface area contributed by atoms with Gasteiger partial charge < -0.3 is 10.1 Å². The fraction of sp³-hybridized carbons (Fsp3) is 1.00. The van der Waals surface area contributed by atoms with E-state index in [-0.39, 0.29) is 0 Å². The smallest absolute Gasteiger partial charge is 0.0630 e. The normalized spacial score (nSPS) is 18.4. The molecule has 3 heteroatoms. The quantitative estimate of drug-likeness (QED) is 0.670. The maximum atomic E-state index is 5.39. The zero-order valence-electron chi connectivity index (χ0n) is 12.2. The Morgan fingerprint density at radius 3 is 2.29 bits per heavy atom. The fourth-order valence-corrected chi connectivity index (χ4v) is 2.22. The molecule has 1 rings (SSSR count). The summed E-state index contributed by atoms with van der Waals surface area (Å²) in [5.41, 5.74) is 0. The third kappa shape index (κ3) is 5.84. The molecular weight excluding hydrogens is 212 g/mol. The van der Waals surface area contributed by atoms with Gasteiger partial charge in [-0.3, -0.25) is 4.90 Å². The minimum atomic E-state index is 0.503. The summed E-state index contributed by atoms with van der Waals surface area (Å²) in [6.07, 6.45) is 2.83. The van der Waals surface area contributed by atoms with E-state index in [1.54, 1.807) is 7.11 Å². The van der Waals surface area contributed by atoms with Crippen molar-refractivity contribution in [1.29, 1.82) is 0 Å². The molecule has 0 bridgehead atoms. The first kappa shape index (κ1) is 14.9. The number of ether oxygens (including phenoxy) is 1. The minimum Gasteiger partial charge on any atom is -0.383 e. The van der Waals surface area contributed by atoms with Gasteiger partial charge in [-0.15, -0.1) is 0 Å². The first-order valence-electron chi connectivity index (χ1n) is 7.02. The van der Waals surface area contributed by atoms with Crippen molar-refractivity contribution < 1.29 is 4.74 Å². The monoisotopic (exact) mass is 242 g/mol. The van der Waals surface area contributed by atoms with Gasteiger partial charge >= 0.3 is 0 Å². The summed E-state index contributed by atoms with van der Waals surface area (Å²) in [4.78, 5) is 2.61. The molecule has 1 saturated carbocycles. The lowest BCUT2D eigenvalue weighted by atomic mass is 10.1. The standard InChI is InChI=1S/C14H30N2O/c1-11(2)15-8-14(10-17-5)16(12(3)4)9-13-6-7-13/h11-15H,6-10H2,1-5H3. The van der Waals surface area contributed by atoms with Crippen molar-refractivity contribution in [1.82, 2.24) is 10.2 Å². The van der Waals surface area contributed by atoms with Gasteiger partial charge in [0.2, 0.25) is 0 Å². The lowest BCUT2D eigenvalue weighted by Crippen LogP contribution is -2.50. The van der Waals surface area contributed by atoms with E-state index in [1.165, 1.54) is 19.4 Å². The van der Waals surface area contributed by atoms with Crippen molar-refractivity contribution in [3.05, 3.63) is 0 Å². The zero-order chi connectivity index (χ0) is 12.8. The number of hydrogen-bond acceptors (Lipinski definition) is 3. The highest BCUT2D eigenvalue weighted by atomic mass is 16.5. The number of rotatable bonds is 9. The summed E-state index contributed by atoms with van der Waals surface area (Å²) in [5, 5.41) is 3.54. The molecule has 1 unspecified atom stereocenters. The Bertz CT molecular complexity index is 202. The first-order valence-corrected chi connectivity index (χ1v) is 7.02. The average molecular weight is 242 g/mol. The molecule has 1 aliphatic carbocycles. The van der Waals surface area contributed by atoms with Crippen molar-refractivity contribution in [2.45, 2.75) is 58.7 Å². The molecule has 17 heavy (non-hydrogen) atoms. The summed E-state index contributed by atoms with van der Waals surface area (Å²) < 4.78 is 5.39. The third-order valence-electron chi connectivity index (χ3n) is 3.42. The number of methoxy groups -OCH3 is 1. The van der Waals surface area contributed by atoms with Crippen LogP contribution in [0.25, 0.3) is 0 Å². The molecule has 0 radical (unpaired) electrons. The van der Waals surface area contributed by atoms with E-state index in [9.17, 15) is 0 Å². The van der Waals surface area contributed by atoms with Gasteiger partial charge in [-0.25, -0.2) is 0 Å². The van der Waals surface area contributed by atoms with Crippen LogP contribution in [0.15, 0.2) is 0 Å². The summed E-state index contributed by atoms with van der Waals surface area (Å²) in [6, 6.07) is 1.65. The molecule has 0 spiro atoms. The number of nitrogens with one attached hydrogen (secondary N) is 1. The van der Waals surface area contributed by atoms with Crippen LogP contribution in [0.2, 0.25) is 0 Å². The second-order valence-corrected chi connectivity index (χ2v) is 5.91. The van der Waals surface area contributed by atoms with E-state index < -0.39 is 0 Å². The van der Waals surface area contributed by atoms with E-state index in [2.05, 4.69) is 37.9 Å². The van der Waals surface area contributed by atoms with Crippen LogP contribution in [0.4, 0.5) is 0 Å². The molecule has 1 N–H and O–H groups in total. The molecule has 0 saturated heterocycles. The SMILES string of the molecule is COCC(CNC(C)C)N(CC1CC1)C(C)C. The summed E-state index contributed by atoms with van der Waals surface area (Å²) in [5.74, 6) is 0.941. The highest BCUT2D eigenvalue weighted by molar-refractivity contribution is 4.84. The maximum absolute atomic E-state index is 5.39. The summed E-state index contributed by atoms with van der Waals surface area (Å²) in [7, 11) is 1.80. The molecule has 0 aromatic rings. The van der Waals surface area contributed by atoms with Gasteiger partial charge in [0, 0.05) is 38.3 Å². The molecule has 102 valence electrons. The fourth-order valence-electron chi connectivity index (χ4n) is 2.22. The maximum Gasteiger partial charge on any atom is 0.0630 e. The van der Waals surface area contributed by atoms with Crippen LogP contribution >= 0.6 is 0 Å². The highest BCUT2D eigenvalue weighted by Crippen LogP contribution is 2.31. The van der Waals surface area contributed by atoms with Gasteiger partial charge in [0.25, 0.3) is 0 Å². The van der Waals surface area contributed by atoms with Crippen molar-refractivity contribution in [2.24, 2.45) is 5.92 Å². The van der Waals surface area contributed by atoms with Crippen molar-refractivity contribution >= 4 is 0 Å². The molecule has 0 aromatic carbocycles. The van der Waals surface area contributed by atoms with Crippen LogP contribution < -0.4 is 5.32 Å². The highest BCUT2D eigenvalue weighted by Gasteiger charge is 2.29. The largest absolute Gasteiger partial charge is 0.383 e. The van der Waals surface area contributed by atoms with Crippen LogP contribution in [-0.4, -0.2) is 49.8 Å². The van der Waals surface area contributed by atoms with Gasteiger partial charge in [-0.2, -0.15) is 0 Å². The zero-order valence-corrected chi connectivity index (χ0v) is 12.2. The molecular formula is C14H30N2O. The van der Waals surface area contributed by atoms with Crippen molar-refractivity contribution in [3.8, 4) is 0 Å². The predicted octanol–water partition coefficient (Wildman–Crippen LogP) is 2.12. The van der Waals surface area contributed by atoms with E-state index in [0.29, 0.717) is 18.1 Å². The van der Waals surface area contributed by atoms with Crippen molar-refractivity contribution in [3.63, 3.8) is 0 Å². The Labute approximate surface area is 107 Å². The Morgan fingerprint density at radius 1 is 1.24 bits per heavy atom. The van der Waals surface area contributed by atoms with Crippen LogP contribution in [0.1, 0.15) is 40.5 Å². The summed E-state index contributed by atoms with van der Waals surface area (Å²) in [6.45, 7) is 12.1. The van der Waals surface area contributed by atoms with Gasteiger partial charge in [-0.1, -0.05) is 13.8 Å². The van der Waals surface area contributed by atoms with Crippen LogP contribution in [-0.2, 0) is 4.74 Å². The van der Waals surface area contributed by atoms with E-state index in [0.717, 1.165) is 19.1 Å². The molecule has 0 amide bonds. The van der Waals surface area contributed by atoms with Gasteiger partial charge in [0.15, 0.2) is 0 Å². The lowest BCUT2D eigenvalue weighted by Gasteiger charge is -2.35. The van der Waals surface area contributed by atoms with Crippen LogP contribution in [0, 0.1) is 5.92 Å². The van der Waals surface area contributed by atoms with Gasteiger partial charge in [0.05, 0.1) is 6.61 Å². The topological polar surface area (TPSA) is 24.5 Å². The molecule has 3 nitrogen and oxygen atoms in total. The molecule has 0 aromatic heterocycles. The van der Waals surface area contributed by atoms with E-state index >= 15 is 0 Å². The first-order chi connectivity index (χ1) is 8.04. The Kier molecular flexibility index (Phi) is 6.45. The van der Waals surface area contributed by atoms with Gasteiger partial charge in [0.1, 0.15) is 0 Å². The third-order valence-corrected chi connectivity index (χ3v) is 3.42. The lowest BCUT2D eigenvalue weighted by molar-refractivity contribution is 0.0650. The van der Waals surface area contributed by atoms with Crippen LogP contribution in [0.5, 0.6) is 0 Å². The Hall–Kier alpha value is -0.120. The molecule has 1 atom stereocenters.